The number of nitriles is 1. The Morgan fingerprint density at radius 2 is 1.58 bits per heavy atom. The summed E-state index contributed by atoms with van der Waals surface area (Å²) in [5, 5.41) is 10.7. The van der Waals surface area contributed by atoms with Crippen molar-refractivity contribution in [2.45, 2.75) is 6.54 Å². The van der Waals surface area contributed by atoms with Gasteiger partial charge >= 0.3 is 0 Å². The molecule has 3 aromatic carbocycles. The van der Waals surface area contributed by atoms with Gasteiger partial charge in [-0.05, 0) is 48.0 Å². The van der Waals surface area contributed by atoms with E-state index in [4.69, 9.17) is 28.2 Å². The van der Waals surface area contributed by atoms with E-state index in [0.717, 1.165) is 66.4 Å². The lowest BCUT2D eigenvalue weighted by Crippen LogP contribution is -2.46. The summed E-state index contributed by atoms with van der Waals surface area (Å²) < 4.78 is 2.01. The van der Waals surface area contributed by atoms with Gasteiger partial charge in [0.1, 0.15) is 12.2 Å². The van der Waals surface area contributed by atoms with E-state index < -0.39 is 0 Å². The molecule has 1 fully saturated rings. The molecule has 2 aromatic heterocycles. The first-order chi connectivity index (χ1) is 18.6. The van der Waals surface area contributed by atoms with Gasteiger partial charge in [0.15, 0.2) is 17.0 Å². The number of benzene rings is 3. The zero-order valence-corrected chi connectivity index (χ0v) is 21.9. The Balaban J connectivity index is 1.36. The summed E-state index contributed by atoms with van der Waals surface area (Å²) >= 11 is 12.8. The predicted octanol–water partition coefficient (Wildman–Crippen LogP) is 5.98. The zero-order valence-electron chi connectivity index (χ0n) is 20.4. The molecule has 6 rings (SSSR count). The molecule has 0 atom stereocenters. The lowest BCUT2D eigenvalue weighted by molar-refractivity contribution is 0.249. The van der Waals surface area contributed by atoms with Crippen LogP contribution in [0.25, 0.3) is 28.2 Å². The molecule has 38 heavy (non-hydrogen) atoms. The summed E-state index contributed by atoms with van der Waals surface area (Å²) in [4.78, 5) is 19.0. The van der Waals surface area contributed by atoms with E-state index in [1.54, 1.807) is 6.33 Å². The minimum absolute atomic E-state index is 0.610. The monoisotopic (exact) mass is 539 g/mol. The van der Waals surface area contributed by atoms with Gasteiger partial charge in [0.2, 0.25) is 0 Å². The molecule has 0 radical (unpaired) electrons. The highest BCUT2D eigenvalue weighted by atomic mass is 35.5. The van der Waals surface area contributed by atoms with Crippen LogP contribution >= 0.6 is 23.2 Å². The normalized spacial score (nSPS) is 14.1. The number of rotatable bonds is 5. The fourth-order valence-electron chi connectivity index (χ4n) is 4.90. The second kappa shape index (κ2) is 10.4. The van der Waals surface area contributed by atoms with Crippen molar-refractivity contribution in [1.82, 2.24) is 24.4 Å². The number of hydrogen-bond acceptors (Lipinski definition) is 6. The molecule has 1 aliphatic rings. The number of piperazine rings is 1. The predicted molar refractivity (Wildman–Crippen MR) is 151 cm³/mol. The summed E-state index contributed by atoms with van der Waals surface area (Å²) in [7, 11) is 0. The van der Waals surface area contributed by atoms with Crippen LogP contribution < -0.4 is 4.90 Å². The van der Waals surface area contributed by atoms with Crippen LogP contribution in [0.4, 0.5) is 5.82 Å². The van der Waals surface area contributed by atoms with Crippen molar-refractivity contribution in [3.8, 4) is 23.1 Å². The van der Waals surface area contributed by atoms with Crippen molar-refractivity contribution >= 4 is 40.2 Å². The highest BCUT2D eigenvalue weighted by molar-refractivity contribution is 6.33. The SMILES string of the molecule is N#Cc1ccccc1CN1CCN(c2ncnc3c2nc(-c2ccccc2Cl)n3-c2ccc(Cl)cc2)CC1. The van der Waals surface area contributed by atoms with Crippen LogP contribution in [0.3, 0.4) is 0 Å². The number of nitrogens with zero attached hydrogens (tertiary/aromatic N) is 7. The Morgan fingerprint density at radius 3 is 2.34 bits per heavy atom. The third-order valence-corrected chi connectivity index (χ3v) is 7.41. The average molecular weight is 540 g/mol. The quantitative estimate of drug-likeness (QED) is 0.273. The molecule has 0 spiro atoms. The maximum absolute atomic E-state index is 9.44. The number of halogens is 2. The van der Waals surface area contributed by atoms with Crippen molar-refractivity contribution < 1.29 is 0 Å². The molecular weight excluding hydrogens is 517 g/mol. The van der Waals surface area contributed by atoms with Gasteiger partial charge in [-0.1, -0.05) is 53.5 Å². The van der Waals surface area contributed by atoms with Gasteiger partial charge in [-0.15, -0.1) is 0 Å². The molecule has 3 heterocycles. The largest absolute Gasteiger partial charge is 0.352 e. The smallest absolute Gasteiger partial charge is 0.170 e. The molecular formula is C29H23Cl2N7. The molecule has 0 amide bonds. The summed E-state index contributed by atoms with van der Waals surface area (Å²) in [5.41, 5.74) is 4.91. The van der Waals surface area contributed by atoms with Crippen molar-refractivity contribution in [3.05, 3.63) is 100 Å². The van der Waals surface area contributed by atoms with Crippen LogP contribution in [0.1, 0.15) is 11.1 Å². The first-order valence-corrected chi connectivity index (χ1v) is 13.1. The van der Waals surface area contributed by atoms with E-state index in [0.29, 0.717) is 21.5 Å². The second-order valence-electron chi connectivity index (χ2n) is 9.13. The molecule has 188 valence electrons. The Bertz CT molecular complexity index is 1650. The second-order valence-corrected chi connectivity index (χ2v) is 9.97. The lowest BCUT2D eigenvalue weighted by atomic mass is 10.1. The number of imidazole rings is 1. The molecule has 0 N–H and O–H groups in total. The van der Waals surface area contributed by atoms with Crippen molar-refractivity contribution in [2.24, 2.45) is 0 Å². The van der Waals surface area contributed by atoms with Crippen LogP contribution in [0.5, 0.6) is 0 Å². The molecule has 0 saturated carbocycles. The standard InChI is InChI=1S/C29H23Cl2N7/c30-22-9-11-23(12-10-22)38-27(24-7-3-4-8-25(24)31)35-26-28(33-19-34-29(26)38)37-15-13-36(14-16-37)18-21-6-2-1-5-20(21)17-32/h1-12,19H,13-16,18H2. The summed E-state index contributed by atoms with van der Waals surface area (Å²) in [6.07, 6.45) is 1.59. The highest BCUT2D eigenvalue weighted by Crippen LogP contribution is 2.35. The van der Waals surface area contributed by atoms with Crippen LogP contribution in [0.15, 0.2) is 79.1 Å². The van der Waals surface area contributed by atoms with E-state index in [1.807, 2.05) is 77.4 Å². The first-order valence-electron chi connectivity index (χ1n) is 12.3. The zero-order chi connectivity index (χ0) is 26.1. The Morgan fingerprint density at radius 1 is 0.842 bits per heavy atom. The summed E-state index contributed by atoms with van der Waals surface area (Å²) in [6, 6.07) is 25.4. The highest BCUT2D eigenvalue weighted by Gasteiger charge is 2.25. The van der Waals surface area contributed by atoms with Gasteiger partial charge in [-0.2, -0.15) is 5.26 Å². The van der Waals surface area contributed by atoms with E-state index in [-0.39, 0.29) is 0 Å². The summed E-state index contributed by atoms with van der Waals surface area (Å²) in [6.45, 7) is 4.02. The molecule has 0 aliphatic carbocycles. The number of hydrogen-bond donors (Lipinski definition) is 0. The van der Waals surface area contributed by atoms with Crippen LogP contribution in [0.2, 0.25) is 10.0 Å². The van der Waals surface area contributed by atoms with Gasteiger partial charge in [-0.3, -0.25) is 9.47 Å². The first kappa shape index (κ1) is 24.4. The summed E-state index contributed by atoms with van der Waals surface area (Å²) in [5.74, 6) is 1.49. The lowest BCUT2D eigenvalue weighted by Gasteiger charge is -2.35. The van der Waals surface area contributed by atoms with E-state index in [2.05, 4.69) is 25.8 Å². The molecule has 0 unspecified atom stereocenters. The van der Waals surface area contributed by atoms with E-state index in [1.165, 1.54) is 0 Å². The van der Waals surface area contributed by atoms with Crippen molar-refractivity contribution in [2.75, 3.05) is 31.1 Å². The van der Waals surface area contributed by atoms with Crippen LogP contribution in [-0.2, 0) is 6.54 Å². The average Bonchev–Trinajstić information content (AvgIpc) is 3.34. The Kier molecular flexibility index (Phi) is 6.69. The van der Waals surface area contributed by atoms with Gasteiger partial charge < -0.3 is 4.90 Å². The third-order valence-electron chi connectivity index (χ3n) is 6.83. The van der Waals surface area contributed by atoms with Crippen LogP contribution in [-0.4, -0.2) is 50.6 Å². The van der Waals surface area contributed by atoms with Gasteiger partial charge in [0.05, 0.1) is 16.7 Å². The minimum Gasteiger partial charge on any atom is -0.352 e. The minimum atomic E-state index is 0.610. The Labute approximate surface area is 230 Å². The molecule has 1 saturated heterocycles. The van der Waals surface area contributed by atoms with E-state index in [9.17, 15) is 5.26 Å². The fourth-order valence-corrected chi connectivity index (χ4v) is 5.24. The van der Waals surface area contributed by atoms with Crippen LogP contribution in [0, 0.1) is 11.3 Å². The molecule has 7 nitrogen and oxygen atoms in total. The van der Waals surface area contributed by atoms with Crippen molar-refractivity contribution in [3.63, 3.8) is 0 Å². The number of fused-ring (bicyclic) bond motifs is 1. The maximum atomic E-state index is 9.44. The van der Waals surface area contributed by atoms with Gasteiger partial charge in [0, 0.05) is 49.0 Å². The molecule has 5 aromatic rings. The molecule has 1 aliphatic heterocycles. The van der Waals surface area contributed by atoms with Gasteiger partial charge in [-0.25, -0.2) is 15.0 Å². The fraction of sp³-hybridized carbons (Fsp3) is 0.172. The van der Waals surface area contributed by atoms with E-state index >= 15 is 0 Å². The topological polar surface area (TPSA) is 73.9 Å². The maximum Gasteiger partial charge on any atom is 0.170 e. The molecule has 0 bridgehead atoms. The third kappa shape index (κ3) is 4.59. The van der Waals surface area contributed by atoms with Crippen molar-refractivity contribution in [1.29, 1.82) is 5.26 Å². The van der Waals surface area contributed by atoms with Gasteiger partial charge in [0.25, 0.3) is 0 Å². The molecule has 9 heteroatoms. The number of aromatic nitrogens is 4. The Hall–Kier alpha value is -3.96. The number of anilines is 1.